The lowest BCUT2D eigenvalue weighted by atomic mass is 9.97. The molecule has 75 heavy (non-hydrogen) atoms. The number of rotatable bonds is 10. The highest BCUT2D eigenvalue weighted by Gasteiger charge is 2.17. The van der Waals surface area contributed by atoms with E-state index in [1.807, 2.05) is 12.1 Å². The molecule has 2 aromatic heterocycles. The summed E-state index contributed by atoms with van der Waals surface area (Å²) in [5.41, 5.74) is 22.7. The average molecular weight is 957 g/mol. The summed E-state index contributed by atoms with van der Waals surface area (Å²) in [7, 11) is 0. The summed E-state index contributed by atoms with van der Waals surface area (Å²) in [5.74, 6) is 0. The highest BCUT2D eigenvalue weighted by molar-refractivity contribution is 6.12. The largest absolute Gasteiger partial charge is 0.456 e. The first-order valence-electron chi connectivity index (χ1n) is 25.6. The van der Waals surface area contributed by atoms with Gasteiger partial charge in [0.15, 0.2) is 0 Å². The molecule has 14 rings (SSSR count). The third-order valence-corrected chi connectivity index (χ3v) is 14.9. The topological polar surface area (TPSA) is 21.3 Å². The van der Waals surface area contributed by atoms with Gasteiger partial charge in [0.2, 0.25) is 0 Å². The van der Waals surface area contributed by atoms with Crippen molar-refractivity contribution in [3.63, 3.8) is 0 Å². The smallest absolute Gasteiger partial charge is 0.136 e. The monoisotopic (exact) mass is 956 g/mol. The molecule has 0 fully saturated rings. The number of anilines is 3. The Hall–Kier alpha value is -9.96. The Labute approximate surface area is 436 Å². The zero-order valence-corrected chi connectivity index (χ0v) is 41.0. The molecule has 0 aliphatic heterocycles. The van der Waals surface area contributed by atoms with Crippen LogP contribution in [0.4, 0.5) is 17.1 Å². The van der Waals surface area contributed by atoms with Crippen molar-refractivity contribution < 1.29 is 4.42 Å². The number of benzene rings is 12. The normalized spacial score (nSPS) is 11.5. The fourth-order valence-corrected chi connectivity index (χ4v) is 11.1. The molecule has 0 saturated carbocycles. The van der Waals surface area contributed by atoms with E-state index in [4.69, 9.17) is 4.42 Å². The first-order valence-corrected chi connectivity index (χ1v) is 25.6. The Balaban J connectivity index is 0.760. The summed E-state index contributed by atoms with van der Waals surface area (Å²) in [4.78, 5) is 2.36. The first-order chi connectivity index (χ1) is 37.2. The molecule has 0 bridgehead atoms. The van der Waals surface area contributed by atoms with Gasteiger partial charge >= 0.3 is 0 Å². The van der Waals surface area contributed by atoms with Crippen LogP contribution in [0.3, 0.4) is 0 Å². The number of para-hydroxylation sites is 3. The lowest BCUT2D eigenvalue weighted by molar-refractivity contribution is 0.669. The van der Waals surface area contributed by atoms with Crippen LogP contribution in [0.1, 0.15) is 0 Å². The fourth-order valence-electron chi connectivity index (χ4n) is 11.1. The quantitative estimate of drug-likeness (QED) is 0.136. The number of fused-ring (bicyclic) bond motifs is 6. The predicted molar refractivity (Wildman–Crippen MR) is 315 cm³/mol. The third-order valence-electron chi connectivity index (χ3n) is 14.9. The maximum absolute atomic E-state index is 6.22. The van der Waals surface area contributed by atoms with Crippen molar-refractivity contribution in [3.05, 3.63) is 291 Å². The summed E-state index contributed by atoms with van der Waals surface area (Å²) in [6, 6.07) is 105. The van der Waals surface area contributed by atoms with Crippen LogP contribution in [-0.4, -0.2) is 4.57 Å². The van der Waals surface area contributed by atoms with Crippen LogP contribution >= 0.6 is 0 Å². The van der Waals surface area contributed by atoms with Gasteiger partial charge < -0.3 is 13.9 Å². The highest BCUT2D eigenvalue weighted by Crippen LogP contribution is 2.41. The van der Waals surface area contributed by atoms with Gasteiger partial charge in [0.05, 0.1) is 11.0 Å². The van der Waals surface area contributed by atoms with Crippen LogP contribution in [0.15, 0.2) is 296 Å². The molecule has 0 spiro atoms. The van der Waals surface area contributed by atoms with Crippen LogP contribution in [0, 0.1) is 0 Å². The maximum atomic E-state index is 6.22. The van der Waals surface area contributed by atoms with E-state index in [1.165, 1.54) is 60.8 Å². The highest BCUT2D eigenvalue weighted by atomic mass is 16.3. The van der Waals surface area contributed by atoms with Crippen molar-refractivity contribution in [3.8, 4) is 72.4 Å². The van der Waals surface area contributed by atoms with Crippen molar-refractivity contribution >= 4 is 60.8 Å². The van der Waals surface area contributed by atoms with Gasteiger partial charge in [-0.15, -0.1) is 0 Å². The van der Waals surface area contributed by atoms with E-state index in [1.54, 1.807) is 0 Å². The zero-order chi connectivity index (χ0) is 49.7. The molecule has 0 unspecified atom stereocenters. The van der Waals surface area contributed by atoms with Gasteiger partial charge in [-0.05, 0) is 140 Å². The van der Waals surface area contributed by atoms with E-state index < -0.39 is 0 Å². The SMILES string of the molecule is c1ccc(-c2ccc(-c3cccc(N(c4ccc(-c5ccc(-c6ccc(-n7c8ccccc8c8ccccc87)cc6)cc5)cc4)c4ccc(-c5ccc(-c6cccc7oc8ccccc8c67)cc5)cc4)c3)cc2)cc1. The van der Waals surface area contributed by atoms with Crippen molar-refractivity contribution in [2.45, 2.75) is 0 Å². The van der Waals surface area contributed by atoms with Gasteiger partial charge in [-0.1, -0.05) is 218 Å². The standard InChI is InChI=1S/C72H48N2O/c1-2-12-49(13-3-1)50-28-30-57(31-29-50)59-14-10-15-63(48-59)73(61-44-38-55(39-45-61)53-32-34-58(35-33-53)64-19-11-23-71-72(64)67-18-6-9-22-70(67)75-71)60-42-36-54(37-43-60)51-24-26-52(27-25-51)56-40-46-62(47-41-56)74-68-20-7-4-16-65(68)66-17-5-8-21-69(66)74/h1-48H. The molecular formula is C72H48N2O. The van der Waals surface area contributed by atoms with Crippen molar-refractivity contribution in [2.24, 2.45) is 0 Å². The molecule has 2 heterocycles. The molecule has 0 aliphatic rings. The van der Waals surface area contributed by atoms with Gasteiger partial charge in [-0.2, -0.15) is 0 Å². The summed E-state index contributed by atoms with van der Waals surface area (Å²) >= 11 is 0. The van der Waals surface area contributed by atoms with Crippen molar-refractivity contribution in [1.82, 2.24) is 4.57 Å². The molecule has 3 nitrogen and oxygen atoms in total. The number of furan rings is 1. The molecule has 14 aromatic rings. The van der Waals surface area contributed by atoms with Crippen LogP contribution in [0.25, 0.3) is 116 Å². The molecule has 0 atom stereocenters. The third kappa shape index (κ3) is 8.04. The van der Waals surface area contributed by atoms with Gasteiger partial charge in [0.1, 0.15) is 11.2 Å². The lowest BCUT2D eigenvalue weighted by Crippen LogP contribution is -2.10. The maximum Gasteiger partial charge on any atom is 0.136 e. The average Bonchev–Trinajstić information content (AvgIpc) is 4.06. The molecule has 0 aliphatic carbocycles. The second-order valence-corrected chi connectivity index (χ2v) is 19.3. The van der Waals surface area contributed by atoms with E-state index in [-0.39, 0.29) is 0 Å². The van der Waals surface area contributed by atoms with Crippen LogP contribution in [0.5, 0.6) is 0 Å². The van der Waals surface area contributed by atoms with E-state index in [2.05, 4.69) is 289 Å². The van der Waals surface area contributed by atoms with Crippen LogP contribution in [-0.2, 0) is 0 Å². The Morgan fingerprint density at radius 3 is 1.19 bits per heavy atom. The van der Waals surface area contributed by atoms with E-state index in [0.29, 0.717) is 0 Å². The van der Waals surface area contributed by atoms with Gasteiger partial charge in [0, 0.05) is 44.3 Å². The minimum Gasteiger partial charge on any atom is -0.456 e. The Kier molecular flexibility index (Phi) is 10.8. The summed E-state index contributed by atoms with van der Waals surface area (Å²) in [6.45, 7) is 0. The molecular weight excluding hydrogens is 909 g/mol. The zero-order valence-electron chi connectivity index (χ0n) is 41.0. The summed E-state index contributed by atoms with van der Waals surface area (Å²) in [6.07, 6.45) is 0. The first kappa shape index (κ1) is 43.8. The van der Waals surface area contributed by atoms with Gasteiger partial charge in [-0.25, -0.2) is 0 Å². The van der Waals surface area contributed by atoms with E-state index in [9.17, 15) is 0 Å². The minimum atomic E-state index is 0.905. The van der Waals surface area contributed by atoms with Crippen molar-refractivity contribution in [2.75, 3.05) is 4.90 Å². The molecule has 0 radical (unpaired) electrons. The number of hydrogen-bond acceptors (Lipinski definition) is 2. The fraction of sp³-hybridized carbons (Fsp3) is 0. The second kappa shape index (κ2) is 18.6. The molecule has 0 amide bonds. The molecule has 12 aromatic carbocycles. The minimum absolute atomic E-state index is 0.905. The second-order valence-electron chi connectivity index (χ2n) is 19.3. The van der Waals surface area contributed by atoms with Crippen LogP contribution < -0.4 is 4.90 Å². The van der Waals surface area contributed by atoms with Gasteiger partial charge in [-0.3, -0.25) is 0 Å². The Bertz CT molecular complexity index is 4290. The summed E-state index contributed by atoms with van der Waals surface area (Å²) in [5, 5.41) is 4.83. The lowest BCUT2D eigenvalue weighted by Gasteiger charge is -2.26. The molecule has 0 N–H and O–H groups in total. The molecule has 3 heteroatoms. The number of aromatic nitrogens is 1. The Morgan fingerprint density at radius 1 is 0.253 bits per heavy atom. The van der Waals surface area contributed by atoms with E-state index in [0.717, 1.165) is 72.5 Å². The molecule has 352 valence electrons. The summed E-state index contributed by atoms with van der Waals surface area (Å²) < 4.78 is 8.58. The van der Waals surface area contributed by atoms with Crippen LogP contribution in [0.2, 0.25) is 0 Å². The number of hydrogen-bond donors (Lipinski definition) is 0. The Morgan fingerprint density at radius 2 is 0.640 bits per heavy atom. The van der Waals surface area contributed by atoms with Crippen molar-refractivity contribution in [1.29, 1.82) is 0 Å². The number of nitrogens with zero attached hydrogens (tertiary/aromatic N) is 2. The predicted octanol–water partition coefficient (Wildman–Crippen LogP) is 20.2. The van der Waals surface area contributed by atoms with E-state index >= 15 is 0 Å². The van der Waals surface area contributed by atoms with Gasteiger partial charge in [0.25, 0.3) is 0 Å². The molecule has 0 saturated heterocycles.